The van der Waals surface area contributed by atoms with Crippen LogP contribution in [0.4, 0.5) is 10.7 Å². The number of methoxy groups -OCH3 is 2. The minimum atomic E-state index is -0.540. The molecule has 0 radical (unpaired) electrons. The lowest BCUT2D eigenvalue weighted by molar-refractivity contribution is 0.0601. The highest BCUT2D eigenvalue weighted by Crippen LogP contribution is 2.34. The molecule has 0 spiro atoms. The van der Waals surface area contributed by atoms with Gasteiger partial charge in [-0.2, -0.15) is 0 Å². The molecule has 1 heterocycles. The highest BCUT2D eigenvalue weighted by Gasteiger charge is 2.26. The number of fused-ring (bicyclic) bond motifs is 1. The van der Waals surface area contributed by atoms with Crippen LogP contribution in [0.1, 0.15) is 43.1 Å². The second kappa shape index (κ2) is 8.06. The largest absolute Gasteiger partial charge is 0.465 e. The number of hydrogen-bond acceptors (Lipinski definition) is 6. The number of hydrogen-bond donors (Lipinski definition) is 2. The van der Waals surface area contributed by atoms with E-state index in [4.69, 9.17) is 21.7 Å². The minimum absolute atomic E-state index is 0.279. The summed E-state index contributed by atoms with van der Waals surface area (Å²) in [6, 6.07) is 6.19. The molecule has 2 N–H and O–H groups in total. The third kappa shape index (κ3) is 3.96. The first-order valence-electron chi connectivity index (χ1n) is 8.44. The van der Waals surface area contributed by atoms with Crippen LogP contribution in [0, 0.1) is 6.92 Å². The SMILES string of the molecule is COC(=O)c1sc(NC(=S)Nc2ccc3c(c2)CCC3)c(C(=O)OC)c1C. The summed E-state index contributed by atoms with van der Waals surface area (Å²) in [5.74, 6) is -1.05. The Kier molecular flexibility index (Phi) is 5.76. The molecule has 0 bridgehead atoms. The number of thiocarbonyl (C=S) groups is 1. The lowest BCUT2D eigenvalue weighted by Crippen LogP contribution is -2.20. The third-order valence-electron chi connectivity index (χ3n) is 4.49. The number of carbonyl (C=O) groups excluding carboxylic acids is 2. The molecule has 1 aliphatic carbocycles. The molecule has 0 amide bonds. The average Bonchev–Trinajstić information content (AvgIpc) is 3.24. The van der Waals surface area contributed by atoms with Crippen LogP contribution in [0.5, 0.6) is 0 Å². The van der Waals surface area contributed by atoms with E-state index in [0.29, 0.717) is 20.6 Å². The van der Waals surface area contributed by atoms with E-state index in [2.05, 4.69) is 22.8 Å². The number of thiophene rings is 1. The van der Waals surface area contributed by atoms with Crippen molar-refractivity contribution in [3.8, 4) is 0 Å². The summed E-state index contributed by atoms with van der Waals surface area (Å²) in [7, 11) is 2.59. The van der Waals surface area contributed by atoms with Gasteiger partial charge in [0.1, 0.15) is 9.88 Å². The summed E-state index contributed by atoms with van der Waals surface area (Å²) in [6.07, 6.45) is 3.37. The average molecular weight is 405 g/mol. The first kappa shape index (κ1) is 19.3. The molecule has 0 unspecified atom stereocenters. The molecule has 6 nitrogen and oxygen atoms in total. The summed E-state index contributed by atoms with van der Waals surface area (Å²) in [5, 5.41) is 6.92. The Labute approximate surface area is 166 Å². The van der Waals surface area contributed by atoms with Crippen molar-refractivity contribution in [1.82, 2.24) is 0 Å². The number of anilines is 2. The van der Waals surface area contributed by atoms with Crippen LogP contribution in [0.2, 0.25) is 0 Å². The second-order valence-electron chi connectivity index (χ2n) is 6.16. The Morgan fingerprint density at radius 3 is 2.48 bits per heavy atom. The Morgan fingerprint density at radius 2 is 1.78 bits per heavy atom. The van der Waals surface area contributed by atoms with Crippen LogP contribution in [0.25, 0.3) is 0 Å². The van der Waals surface area contributed by atoms with E-state index in [9.17, 15) is 9.59 Å². The second-order valence-corrected chi connectivity index (χ2v) is 7.59. The molecule has 0 aliphatic heterocycles. The van der Waals surface area contributed by atoms with Gasteiger partial charge in [0, 0.05) is 5.69 Å². The van der Waals surface area contributed by atoms with Gasteiger partial charge < -0.3 is 20.1 Å². The fourth-order valence-corrected chi connectivity index (χ4v) is 4.55. The van der Waals surface area contributed by atoms with Crippen LogP contribution in [-0.2, 0) is 22.3 Å². The normalized spacial score (nSPS) is 12.3. The van der Waals surface area contributed by atoms with Crippen LogP contribution in [-0.4, -0.2) is 31.3 Å². The van der Waals surface area contributed by atoms with Crippen molar-refractivity contribution < 1.29 is 19.1 Å². The van der Waals surface area contributed by atoms with Gasteiger partial charge in [-0.15, -0.1) is 11.3 Å². The maximum atomic E-state index is 12.2. The Balaban J connectivity index is 1.82. The van der Waals surface area contributed by atoms with E-state index < -0.39 is 11.9 Å². The molecule has 2 aromatic rings. The van der Waals surface area contributed by atoms with E-state index in [0.717, 1.165) is 29.9 Å². The number of carbonyl (C=O) groups is 2. The van der Waals surface area contributed by atoms with Crippen molar-refractivity contribution in [2.45, 2.75) is 26.2 Å². The molecular formula is C19H20N2O4S2. The fourth-order valence-electron chi connectivity index (χ4n) is 3.15. The van der Waals surface area contributed by atoms with E-state index in [1.54, 1.807) is 6.92 Å². The van der Waals surface area contributed by atoms with E-state index >= 15 is 0 Å². The zero-order chi connectivity index (χ0) is 19.6. The Hall–Kier alpha value is -2.45. The summed E-state index contributed by atoms with van der Waals surface area (Å²) < 4.78 is 9.63. The van der Waals surface area contributed by atoms with E-state index in [1.165, 1.54) is 31.8 Å². The molecule has 142 valence electrons. The summed E-state index contributed by atoms with van der Waals surface area (Å²) in [6.45, 7) is 1.68. The van der Waals surface area contributed by atoms with Gasteiger partial charge in [0.05, 0.1) is 19.8 Å². The highest BCUT2D eigenvalue weighted by molar-refractivity contribution is 7.80. The lowest BCUT2D eigenvalue weighted by Gasteiger charge is -2.12. The summed E-state index contributed by atoms with van der Waals surface area (Å²) >= 11 is 6.50. The van der Waals surface area contributed by atoms with E-state index in [1.807, 2.05) is 6.07 Å². The van der Waals surface area contributed by atoms with Gasteiger partial charge in [0.15, 0.2) is 5.11 Å². The van der Waals surface area contributed by atoms with Gasteiger partial charge in [-0.3, -0.25) is 0 Å². The quantitative estimate of drug-likeness (QED) is 0.591. The van der Waals surface area contributed by atoms with Gasteiger partial charge >= 0.3 is 11.9 Å². The zero-order valence-electron chi connectivity index (χ0n) is 15.3. The molecular weight excluding hydrogens is 384 g/mol. The standard InChI is InChI=1S/C19H20N2O4S2/c1-10-14(17(22)24-2)16(27-15(10)18(23)25-3)21-19(26)20-13-8-7-11-5-4-6-12(11)9-13/h7-9H,4-6H2,1-3H3,(H2,20,21,26). The molecule has 1 aromatic heterocycles. The molecule has 1 aliphatic rings. The smallest absolute Gasteiger partial charge is 0.348 e. The first-order chi connectivity index (χ1) is 12.9. The summed E-state index contributed by atoms with van der Waals surface area (Å²) in [5.41, 5.74) is 4.37. The molecule has 3 rings (SSSR count). The maximum Gasteiger partial charge on any atom is 0.348 e. The number of rotatable bonds is 4. The summed E-state index contributed by atoms with van der Waals surface area (Å²) in [4.78, 5) is 24.5. The number of ether oxygens (including phenoxy) is 2. The van der Waals surface area contributed by atoms with Crippen LogP contribution in [0.3, 0.4) is 0 Å². The minimum Gasteiger partial charge on any atom is -0.465 e. The van der Waals surface area contributed by atoms with Crippen molar-refractivity contribution in [1.29, 1.82) is 0 Å². The van der Waals surface area contributed by atoms with Crippen LogP contribution < -0.4 is 10.6 Å². The predicted molar refractivity (Wildman–Crippen MR) is 110 cm³/mol. The van der Waals surface area contributed by atoms with Gasteiger partial charge in [-0.1, -0.05) is 6.07 Å². The topological polar surface area (TPSA) is 76.7 Å². The lowest BCUT2D eigenvalue weighted by atomic mass is 10.1. The molecule has 0 saturated heterocycles. The maximum absolute atomic E-state index is 12.2. The zero-order valence-corrected chi connectivity index (χ0v) is 16.9. The van der Waals surface area contributed by atoms with Crippen molar-refractivity contribution in [2.24, 2.45) is 0 Å². The van der Waals surface area contributed by atoms with Crippen LogP contribution >= 0.6 is 23.6 Å². The van der Waals surface area contributed by atoms with E-state index in [-0.39, 0.29) is 5.56 Å². The fraction of sp³-hybridized carbons (Fsp3) is 0.316. The molecule has 1 aromatic carbocycles. The van der Waals surface area contributed by atoms with Gasteiger partial charge in [-0.05, 0) is 67.2 Å². The molecule has 8 heteroatoms. The van der Waals surface area contributed by atoms with Gasteiger partial charge in [0.2, 0.25) is 0 Å². The van der Waals surface area contributed by atoms with Crippen molar-refractivity contribution in [3.05, 3.63) is 45.3 Å². The Morgan fingerprint density at radius 1 is 1.07 bits per heavy atom. The Bertz CT molecular complexity index is 921. The molecule has 0 fully saturated rings. The van der Waals surface area contributed by atoms with Crippen LogP contribution in [0.15, 0.2) is 18.2 Å². The monoisotopic (exact) mass is 404 g/mol. The van der Waals surface area contributed by atoms with Gasteiger partial charge in [-0.25, -0.2) is 9.59 Å². The molecule has 0 atom stereocenters. The molecule has 27 heavy (non-hydrogen) atoms. The highest BCUT2D eigenvalue weighted by atomic mass is 32.1. The van der Waals surface area contributed by atoms with Crippen molar-refractivity contribution in [3.63, 3.8) is 0 Å². The number of aryl methyl sites for hydroxylation is 2. The number of benzene rings is 1. The molecule has 0 saturated carbocycles. The third-order valence-corrected chi connectivity index (χ3v) is 5.88. The number of nitrogens with one attached hydrogen (secondary N) is 2. The van der Waals surface area contributed by atoms with Gasteiger partial charge in [0.25, 0.3) is 0 Å². The number of esters is 2. The predicted octanol–water partition coefficient (Wildman–Crippen LogP) is 3.93. The van der Waals surface area contributed by atoms with Crippen molar-refractivity contribution in [2.75, 3.05) is 24.9 Å². The van der Waals surface area contributed by atoms with Crippen molar-refractivity contribution >= 4 is 51.3 Å². The first-order valence-corrected chi connectivity index (χ1v) is 9.67.